The molecule has 0 aromatic heterocycles. The zero-order valence-electron chi connectivity index (χ0n) is 43.4. The summed E-state index contributed by atoms with van der Waals surface area (Å²) < 4.78 is 16.8. The minimum atomic E-state index is -0.799. The van der Waals surface area contributed by atoms with Crippen LogP contribution in [0.25, 0.3) is 0 Å². The van der Waals surface area contributed by atoms with Gasteiger partial charge >= 0.3 is 17.9 Å². The minimum Gasteiger partial charge on any atom is -0.462 e. The summed E-state index contributed by atoms with van der Waals surface area (Å²) in [7, 11) is 0. The van der Waals surface area contributed by atoms with Crippen molar-refractivity contribution in [2.24, 2.45) is 0 Å². The first kappa shape index (κ1) is 62.8. The molecule has 1 unspecified atom stereocenters. The summed E-state index contributed by atoms with van der Waals surface area (Å²) in [6.45, 7) is 6.48. The highest BCUT2D eigenvalue weighted by Gasteiger charge is 2.19. The van der Waals surface area contributed by atoms with Crippen LogP contribution < -0.4 is 0 Å². The highest BCUT2D eigenvalue weighted by molar-refractivity contribution is 5.71. The van der Waals surface area contributed by atoms with Crippen molar-refractivity contribution in [2.45, 2.75) is 277 Å². The lowest BCUT2D eigenvalue weighted by Crippen LogP contribution is -2.30. The SMILES string of the molecule is CC\C=C/C=C\C=C/C=C\C=C/CCCCCC(=O)OC(COC(=O)CCCCCCC/C=C\CCCCCCCCCCC)COC(=O)CCCCCCCCCCCCCCCCC. The van der Waals surface area contributed by atoms with E-state index >= 15 is 0 Å². The van der Waals surface area contributed by atoms with Gasteiger partial charge < -0.3 is 14.2 Å². The third-order valence-corrected chi connectivity index (χ3v) is 12.1. The molecule has 0 amide bonds. The molecule has 380 valence electrons. The number of allylic oxidation sites excluding steroid dienone is 12. The Hall–Kier alpha value is -3.15. The molecular weight excluding hydrogens is 817 g/mol. The number of carbonyl (C=O) groups is 3. The van der Waals surface area contributed by atoms with Gasteiger partial charge in [-0.25, -0.2) is 0 Å². The van der Waals surface area contributed by atoms with Crippen molar-refractivity contribution in [2.75, 3.05) is 13.2 Å². The quantitative estimate of drug-likeness (QED) is 0.0199. The molecule has 0 heterocycles. The van der Waals surface area contributed by atoms with Crippen LogP contribution in [0.5, 0.6) is 0 Å². The molecule has 6 heteroatoms. The standard InChI is InChI=1S/C60H104O6/c1-4-7-10-13-16-19-22-25-28-29-30-33-35-38-41-44-47-50-53-59(62)65-56-57(66-60(63)54-51-48-45-42-39-36-32-27-24-21-18-15-12-9-6-3)55-64-58(61)52-49-46-43-40-37-34-31-26-23-20-17-14-11-8-5-2/h9,12,15,18,21,24,27,30,32-33,36,39,57H,4-8,10-11,13-14,16-17,19-20,22-23,25-26,28-29,31,34-35,37-38,40-56H2,1-3H3/b12-9-,18-15-,24-21-,32-27-,33-30-,39-36-. The summed E-state index contributed by atoms with van der Waals surface area (Å²) in [5, 5.41) is 0. The Labute approximate surface area is 408 Å². The van der Waals surface area contributed by atoms with Gasteiger partial charge in [-0.05, 0) is 64.2 Å². The molecule has 66 heavy (non-hydrogen) atoms. The Bertz CT molecular complexity index is 1240. The van der Waals surface area contributed by atoms with Gasteiger partial charge in [0.1, 0.15) is 13.2 Å². The lowest BCUT2D eigenvalue weighted by molar-refractivity contribution is -0.167. The molecule has 0 aromatic rings. The summed E-state index contributed by atoms with van der Waals surface area (Å²) >= 11 is 0. The predicted molar refractivity (Wildman–Crippen MR) is 284 cm³/mol. The first-order chi connectivity index (χ1) is 32.5. The largest absolute Gasteiger partial charge is 0.462 e. The minimum absolute atomic E-state index is 0.0933. The smallest absolute Gasteiger partial charge is 0.306 e. The van der Waals surface area contributed by atoms with Gasteiger partial charge in [-0.2, -0.15) is 0 Å². The fourth-order valence-electron chi connectivity index (χ4n) is 7.87. The normalized spacial score (nSPS) is 12.6. The first-order valence-corrected chi connectivity index (χ1v) is 28.0. The molecule has 0 N–H and O–H groups in total. The van der Waals surface area contributed by atoms with Gasteiger partial charge in [0.05, 0.1) is 0 Å². The average molecular weight is 921 g/mol. The van der Waals surface area contributed by atoms with Crippen molar-refractivity contribution in [1.82, 2.24) is 0 Å². The maximum atomic E-state index is 12.8. The fourth-order valence-corrected chi connectivity index (χ4v) is 7.87. The first-order valence-electron chi connectivity index (χ1n) is 28.0. The lowest BCUT2D eigenvalue weighted by Gasteiger charge is -2.18. The molecule has 0 bridgehead atoms. The molecular formula is C60H104O6. The van der Waals surface area contributed by atoms with Crippen LogP contribution in [0.2, 0.25) is 0 Å². The monoisotopic (exact) mass is 921 g/mol. The Morgan fingerprint density at radius 2 is 0.606 bits per heavy atom. The summed E-state index contributed by atoms with van der Waals surface area (Å²) in [4.78, 5) is 38.1. The Morgan fingerprint density at radius 3 is 0.985 bits per heavy atom. The van der Waals surface area contributed by atoms with E-state index in [1.54, 1.807) is 0 Å². The van der Waals surface area contributed by atoms with Gasteiger partial charge in [-0.15, -0.1) is 0 Å². The third kappa shape index (κ3) is 51.8. The summed E-state index contributed by atoms with van der Waals surface area (Å²) in [6.07, 6.45) is 68.9. The molecule has 0 fully saturated rings. The maximum Gasteiger partial charge on any atom is 0.306 e. The number of ether oxygens (including phenoxy) is 3. The molecule has 0 radical (unpaired) electrons. The molecule has 0 aliphatic heterocycles. The number of carbonyl (C=O) groups excluding carboxylic acids is 3. The van der Waals surface area contributed by atoms with Crippen LogP contribution in [-0.4, -0.2) is 37.2 Å². The van der Waals surface area contributed by atoms with Gasteiger partial charge in [-0.3, -0.25) is 14.4 Å². The number of unbranched alkanes of at least 4 members (excludes halogenated alkanes) is 31. The van der Waals surface area contributed by atoms with E-state index in [-0.39, 0.29) is 37.5 Å². The van der Waals surface area contributed by atoms with E-state index in [1.165, 1.54) is 154 Å². The average Bonchev–Trinajstić information content (AvgIpc) is 3.31. The summed E-state index contributed by atoms with van der Waals surface area (Å²) in [5.41, 5.74) is 0. The van der Waals surface area contributed by atoms with Crippen LogP contribution in [0.15, 0.2) is 72.9 Å². The van der Waals surface area contributed by atoms with Crippen LogP contribution in [0.1, 0.15) is 271 Å². The van der Waals surface area contributed by atoms with E-state index in [0.717, 1.165) is 70.6 Å². The molecule has 0 saturated carbocycles. The molecule has 0 saturated heterocycles. The van der Waals surface area contributed by atoms with Crippen LogP contribution in [-0.2, 0) is 28.6 Å². The molecule has 0 aliphatic rings. The van der Waals surface area contributed by atoms with Crippen LogP contribution in [0.4, 0.5) is 0 Å². The van der Waals surface area contributed by atoms with Crippen molar-refractivity contribution >= 4 is 17.9 Å². The number of hydrogen-bond acceptors (Lipinski definition) is 6. The van der Waals surface area contributed by atoms with Gasteiger partial charge in [0.2, 0.25) is 0 Å². The van der Waals surface area contributed by atoms with Crippen molar-refractivity contribution in [3.63, 3.8) is 0 Å². The number of esters is 3. The van der Waals surface area contributed by atoms with Crippen molar-refractivity contribution in [1.29, 1.82) is 0 Å². The van der Waals surface area contributed by atoms with E-state index in [9.17, 15) is 14.4 Å². The Morgan fingerprint density at radius 1 is 0.318 bits per heavy atom. The Kier molecular flexibility index (Phi) is 51.9. The van der Waals surface area contributed by atoms with E-state index in [4.69, 9.17) is 14.2 Å². The molecule has 0 rings (SSSR count). The van der Waals surface area contributed by atoms with Crippen LogP contribution in [0, 0.1) is 0 Å². The van der Waals surface area contributed by atoms with Crippen LogP contribution >= 0.6 is 0 Å². The lowest BCUT2D eigenvalue weighted by atomic mass is 10.0. The molecule has 0 spiro atoms. The van der Waals surface area contributed by atoms with E-state index in [1.807, 2.05) is 48.6 Å². The molecule has 1 atom stereocenters. The highest BCUT2D eigenvalue weighted by atomic mass is 16.6. The van der Waals surface area contributed by atoms with Gasteiger partial charge in [-0.1, -0.05) is 261 Å². The zero-order chi connectivity index (χ0) is 47.9. The number of rotatable bonds is 50. The van der Waals surface area contributed by atoms with Gasteiger partial charge in [0.15, 0.2) is 6.10 Å². The second-order valence-electron chi connectivity index (χ2n) is 18.6. The van der Waals surface area contributed by atoms with E-state index < -0.39 is 6.10 Å². The van der Waals surface area contributed by atoms with E-state index in [2.05, 4.69) is 45.1 Å². The van der Waals surface area contributed by atoms with Crippen molar-refractivity contribution in [3.05, 3.63) is 72.9 Å². The predicted octanol–water partition coefficient (Wildman–Crippen LogP) is 18.6. The topological polar surface area (TPSA) is 78.9 Å². The zero-order valence-corrected chi connectivity index (χ0v) is 43.4. The maximum absolute atomic E-state index is 12.8. The molecule has 0 aromatic carbocycles. The van der Waals surface area contributed by atoms with Gasteiger partial charge in [0.25, 0.3) is 0 Å². The molecule has 0 aliphatic carbocycles. The Balaban J connectivity index is 4.43. The third-order valence-electron chi connectivity index (χ3n) is 12.1. The van der Waals surface area contributed by atoms with Gasteiger partial charge in [0, 0.05) is 19.3 Å². The second kappa shape index (κ2) is 54.5. The van der Waals surface area contributed by atoms with E-state index in [0.29, 0.717) is 19.3 Å². The summed E-state index contributed by atoms with van der Waals surface area (Å²) in [6, 6.07) is 0. The summed E-state index contributed by atoms with van der Waals surface area (Å²) in [5.74, 6) is -0.936. The number of hydrogen-bond donors (Lipinski definition) is 0. The van der Waals surface area contributed by atoms with Crippen LogP contribution in [0.3, 0.4) is 0 Å². The molecule has 6 nitrogen and oxygen atoms in total. The fraction of sp³-hybridized carbons (Fsp3) is 0.750. The second-order valence-corrected chi connectivity index (χ2v) is 18.6. The van der Waals surface area contributed by atoms with Crippen molar-refractivity contribution < 1.29 is 28.6 Å². The van der Waals surface area contributed by atoms with Crippen molar-refractivity contribution in [3.8, 4) is 0 Å². The highest BCUT2D eigenvalue weighted by Crippen LogP contribution is 2.16.